The minimum absolute atomic E-state index is 0.234. The summed E-state index contributed by atoms with van der Waals surface area (Å²) in [6.07, 6.45) is 0.461. The predicted molar refractivity (Wildman–Crippen MR) is 157 cm³/mol. The molecule has 0 fully saturated rings. The van der Waals surface area contributed by atoms with Gasteiger partial charge in [-0.3, -0.25) is 16.0 Å². The van der Waals surface area contributed by atoms with Crippen molar-refractivity contribution in [1.29, 1.82) is 5.26 Å². The SMILES string of the molecule is CCC(COC(=O)Nc1cccc(C#N)c1)(COC(=O)Nc1cccc(N=C=O)c1)COC(=O)Nc1cccc(N=C=O)c1. The number of amides is 3. The Morgan fingerprint density at radius 2 is 1.11 bits per heavy atom. The first kappa shape index (κ1) is 32.2. The molecule has 0 aromatic heterocycles. The van der Waals surface area contributed by atoms with E-state index in [1.54, 1.807) is 49.4 Å². The number of anilines is 3. The predicted octanol–water partition coefficient (Wildman–Crippen LogP) is 5.94. The van der Waals surface area contributed by atoms with Crippen molar-refractivity contribution in [3.63, 3.8) is 0 Å². The van der Waals surface area contributed by atoms with E-state index < -0.39 is 23.7 Å². The van der Waals surface area contributed by atoms with E-state index in [-0.39, 0.29) is 37.6 Å². The topological polar surface area (TPSA) is 198 Å². The molecular weight excluding hydrogens is 572 g/mol. The molecule has 0 aliphatic carbocycles. The molecule has 44 heavy (non-hydrogen) atoms. The van der Waals surface area contributed by atoms with Gasteiger partial charge in [-0.1, -0.05) is 25.1 Å². The second-order valence-electron chi connectivity index (χ2n) is 9.16. The van der Waals surface area contributed by atoms with Crippen LogP contribution < -0.4 is 16.0 Å². The van der Waals surface area contributed by atoms with E-state index in [9.17, 15) is 24.0 Å². The highest BCUT2D eigenvalue weighted by atomic mass is 16.6. The third kappa shape index (κ3) is 10.3. The number of rotatable bonds is 12. The maximum absolute atomic E-state index is 12.6. The summed E-state index contributed by atoms with van der Waals surface area (Å²) in [6, 6.07) is 20.3. The number of nitrogens with zero attached hydrogens (tertiary/aromatic N) is 3. The fourth-order valence-electron chi connectivity index (χ4n) is 3.63. The average Bonchev–Trinajstić information content (AvgIpc) is 3.02. The Morgan fingerprint density at radius 3 is 1.50 bits per heavy atom. The molecular formula is C30H26N6O8. The second-order valence-corrected chi connectivity index (χ2v) is 9.16. The van der Waals surface area contributed by atoms with Gasteiger partial charge in [0.2, 0.25) is 12.2 Å². The number of carbonyl (C=O) groups is 3. The number of isocyanates is 2. The highest BCUT2D eigenvalue weighted by molar-refractivity contribution is 5.86. The van der Waals surface area contributed by atoms with Gasteiger partial charge in [0.15, 0.2) is 0 Å². The number of aliphatic imine (C=N–C) groups is 2. The molecule has 0 bridgehead atoms. The molecule has 0 spiro atoms. The third-order valence-electron chi connectivity index (χ3n) is 6.05. The Labute approximate surface area is 251 Å². The molecule has 0 aliphatic heterocycles. The van der Waals surface area contributed by atoms with Crippen molar-refractivity contribution in [3.8, 4) is 6.07 Å². The fourth-order valence-corrected chi connectivity index (χ4v) is 3.63. The van der Waals surface area contributed by atoms with E-state index in [0.29, 0.717) is 22.6 Å². The number of benzene rings is 3. The van der Waals surface area contributed by atoms with Crippen molar-refractivity contribution in [2.24, 2.45) is 15.4 Å². The number of nitrogens with one attached hydrogen (secondary N) is 3. The average molecular weight is 599 g/mol. The molecule has 0 heterocycles. The van der Waals surface area contributed by atoms with E-state index in [1.165, 1.54) is 42.5 Å². The van der Waals surface area contributed by atoms with Gasteiger partial charge in [-0.05, 0) is 61.0 Å². The molecule has 0 aliphatic rings. The van der Waals surface area contributed by atoms with E-state index in [1.807, 2.05) is 6.07 Å². The van der Waals surface area contributed by atoms with Crippen molar-refractivity contribution in [2.75, 3.05) is 35.8 Å². The molecule has 0 radical (unpaired) electrons. The van der Waals surface area contributed by atoms with Crippen LogP contribution in [0.3, 0.4) is 0 Å². The quantitative estimate of drug-likeness (QED) is 0.128. The van der Waals surface area contributed by atoms with Gasteiger partial charge in [-0.15, -0.1) is 0 Å². The summed E-state index contributed by atoms with van der Waals surface area (Å²) < 4.78 is 16.2. The number of ether oxygens (including phenoxy) is 3. The Morgan fingerprint density at radius 1 is 0.705 bits per heavy atom. The standard InChI is InChI=1S/C30H26N6O8/c1-2-30(16-42-27(39)34-24-9-3-6-21(12-24)15-31,17-43-28(40)35-25-10-4-7-22(13-25)32-19-37)18-44-29(41)36-26-11-5-8-23(14-26)33-20-38/h3-14H,2,16-18H2,1H3,(H,34,39)(H,35,40)(H,36,41). The summed E-state index contributed by atoms with van der Waals surface area (Å²) in [5.41, 5.74) is 0.586. The van der Waals surface area contributed by atoms with Gasteiger partial charge in [0.1, 0.15) is 19.8 Å². The van der Waals surface area contributed by atoms with Gasteiger partial charge in [0.25, 0.3) is 0 Å². The molecule has 0 saturated heterocycles. The third-order valence-corrected chi connectivity index (χ3v) is 6.05. The van der Waals surface area contributed by atoms with Crippen LogP contribution in [0.1, 0.15) is 18.9 Å². The molecule has 3 N–H and O–H groups in total. The van der Waals surface area contributed by atoms with Gasteiger partial charge in [-0.25, -0.2) is 24.0 Å². The van der Waals surface area contributed by atoms with Crippen LogP contribution in [0.4, 0.5) is 42.8 Å². The smallest absolute Gasteiger partial charge is 0.411 e. The monoisotopic (exact) mass is 598 g/mol. The summed E-state index contributed by atoms with van der Waals surface area (Å²) in [6.45, 7) is 0.716. The van der Waals surface area contributed by atoms with Crippen molar-refractivity contribution in [1.82, 2.24) is 0 Å². The highest BCUT2D eigenvalue weighted by Gasteiger charge is 2.34. The first-order valence-corrected chi connectivity index (χ1v) is 13.0. The van der Waals surface area contributed by atoms with E-state index in [0.717, 1.165) is 0 Å². The first-order valence-electron chi connectivity index (χ1n) is 13.0. The van der Waals surface area contributed by atoms with Crippen LogP contribution in [0.5, 0.6) is 0 Å². The lowest BCUT2D eigenvalue weighted by atomic mass is 9.88. The lowest BCUT2D eigenvalue weighted by Gasteiger charge is -2.31. The van der Waals surface area contributed by atoms with Crippen molar-refractivity contribution >= 4 is 58.9 Å². The lowest BCUT2D eigenvalue weighted by molar-refractivity contribution is -0.0104. The molecule has 0 saturated carbocycles. The minimum atomic E-state index is -1.19. The Bertz CT molecular complexity index is 1560. The highest BCUT2D eigenvalue weighted by Crippen LogP contribution is 2.26. The molecule has 3 rings (SSSR count). The first-order chi connectivity index (χ1) is 21.3. The molecule has 0 atom stereocenters. The summed E-state index contributed by atoms with van der Waals surface area (Å²) in [5, 5.41) is 16.6. The van der Waals surface area contributed by atoms with E-state index in [4.69, 9.17) is 19.5 Å². The summed E-state index contributed by atoms with van der Waals surface area (Å²) in [4.78, 5) is 65.8. The largest absolute Gasteiger partial charge is 0.448 e. The molecule has 224 valence electrons. The molecule has 0 unspecified atom stereocenters. The van der Waals surface area contributed by atoms with Gasteiger partial charge < -0.3 is 14.2 Å². The Balaban J connectivity index is 1.69. The van der Waals surface area contributed by atoms with Gasteiger partial charge in [0, 0.05) is 17.1 Å². The summed E-state index contributed by atoms with van der Waals surface area (Å²) >= 11 is 0. The molecule has 14 heteroatoms. The van der Waals surface area contributed by atoms with Gasteiger partial charge >= 0.3 is 18.3 Å². The van der Waals surface area contributed by atoms with Crippen molar-refractivity contribution < 1.29 is 38.2 Å². The lowest BCUT2D eigenvalue weighted by Crippen LogP contribution is -2.40. The van der Waals surface area contributed by atoms with Crippen LogP contribution in [-0.2, 0) is 23.8 Å². The van der Waals surface area contributed by atoms with Crippen LogP contribution >= 0.6 is 0 Å². The molecule has 14 nitrogen and oxygen atoms in total. The van der Waals surface area contributed by atoms with Crippen molar-refractivity contribution in [3.05, 3.63) is 78.4 Å². The maximum atomic E-state index is 12.6. The molecule has 3 aromatic rings. The van der Waals surface area contributed by atoms with Gasteiger partial charge in [0.05, 0.1) is 28.4 Å². The normalized spacial score (nSPS) is 11.2. The van der Waals surface area contributed by atoms with Crippen LogP contribution in [0.2, 0.25) is 0 Å². The Kier molecular flexibility index (Phi) is 11.9. The number of hydrogen-bond acceptors (Lipinski definition) is 11. The number of carbonyl (C=O) groups excluding carboxylic acids is 5. The zero-order chi connectivity index (χ0) is 31.8. The van der Waals surface area contributed by atoms with Gasteiger partial charge in [-0.2, -0.15) is 15.2 Å². The number of nitriles is 1. The second kappa shape index (κ2) is 16.2. The molecule has 3 amide bonds. The fraction of sp³-hybridized carbons (Fsp3) is 0.200. The van der Waals surface area contributed by atoms with E-state index in [2.05, 4.69) is 25.9 Å². The van der Waals surface area contributed by atoms with E-state index >= 15 is 0 Å². The van der Waals surface area contributed by atoms with Crippen LogP contribution in [0.15, 0.2) is 82.8 Å². The maximum Gasteiger partial charge on any atom is 0.411 e. The number of hydrogen-bond donors (Lipinski definition) is 3. The summed E-state index contributed by atoms with van der Waals surface area (Å²) in [7, 11) is 0. The van der Waals surface area contributed by atoms with Crippen molar-refractivity contribution in [2.45, 2.75) is 13.3 Å². The zero-order valence-corrected chi connectivity index (χ0v) is 23.4. The Hall–Kier alpha value is -6.28. The van der Waals surface area contributed by atoms with Crippen LogP contribution in [0, 0.1) is 16.7 Å². The summed E-state index contributed by atoms with van der Waals surface area (Å²) in [5.74, 6) is 0. The zero-order valence-electron chi connectivity index (χ0n) is 23.4. The van der Waals surface area contributed by atoms with Crippen LogP contribution in [-0.4, -0.2) is 50.3 Å². The molecule has 3 aromatic carbocycles. The minimum Gasteiger partial charge on any atom is -0.448 e. The van der Waals surface area contributed by atoms with Crippen LogP contribution in [0.25, 0.3) is 0 Å².